The van der Waals surface area contributed by atoms with Gasteiger partial charge in [0.2, 0.25) is 0 Å². The molecule has 1 radical (unpaired) electrons. The van der Waals surface area contributed by atoms with Crippen LogP contribution in [0.25, 0.3) is 0 Å². The summed E-state index contributed by atoms with van der Waals surface area (Å²) in [4.78, 5) is 11.6. The summed E-state index contributed by atoms with van der Waals surface area (Å²) < 4.78 is 0. The van der Waals surface area contributed by atoms with E-state index in [0.29, 0.717) is 4.90 Å². The largest absolute Gasteiger partial charge is 0.507 e. The van der Waals surface area contributed by atoms with Crippen molar-refractivity contribution in [2.45, 2.75) is 11.3 Å². The molecule has 0 bridgehead atoms. The Morgan fingerprint density at radius 1 is 1.50 bits per heavy atom. The maximum absolute atomic E-state index is 10.5. The Kier molecular flexibility index (Phi) is 3.97. The van der Waals surface area contributed by atoms with Gasteiger partial charge in [-0.3, -0.25) is 10.1 Å². The van der Waals surface area contributed by atoms with Crippen LogP contribution in [0.1, 0.15) is 6.42 Å². The average molecular weight is 410 g/mol. The number of nitro groups is 1. The first-order valence-corrected chi connectivity index (χ1v) is 5.03. The Hall–Kier alpha value is -1.03. The van der Waals surface area contributed by atoms with Gasteiger partial charge in [-0.2, -0.15) is 0 Å². The van der Waals surface area contributed by atoms with Gasteiger partial charge in [0.15, 0.2) is 0 Å². The summed E-state index contributed by atoms with van der Waals surface area (Å²) in [5.41, 5.74) is 5.31. The first-order valence-electron chi connectivity index (χ1n) is 4.21. The van der Waals surface area contributed by atoms with Crippen molar-refractivity contribution in [3.63, 3.8) is 0 Å². The predicted molar refractivity (Wildman–Crippen MR) is 57.7 cm³/mol. The molecule has 7 heteroatoms. The number of anilines is 1. The fourth-order valence-electron chi connectivity index (χ4n) is 1.08. The van der Waals surface area contributed by atoms with Gasteiger partial charge in [0, 0.05) is 20.4 Å². The summed E-state index contributed by atoms with van der Waals surface area (Å²) in [7, 11) is 0. The number of nitrogens with zero attached hydrogens (tertiary/aromatic N) is 1. The molecule has 0 aliphatic heterocycles. The van der Waals surface area contributed by atoms with Crippen LogP contribution in [-0.2, 0) is 20.4 Å². The van der Waals surface area contributed by atoms with Crippen molar-refractivity contribution >= 4 is 23.1 Å². The van der Waals surface area contributed by atoms with E-state index < -0.39 is 4.92 Å². The van der Waals surface area contributed by atoms with Crippen molar-refractivity contribution in [2.75, 3.05) is 5.73 Å². The number of benzene rings is 1. The summed E-state index contributed by atoms with van der Waals surface area (Å²) in [6, 6.07) is 2.51. The zero-order valence-corrected chi connectivity index (χ0v) is 11.5. The number of rotatable bonds is 3. The van der Waals surface area contributed by atoms with Crippen molar-refractivity contribution in [1.82, 2.24) is 0 Å². The van der Waals surface area contributed by atoms with E-state index in [1.54, 1.807) is 0 Å². The van der Waals surface area contributed by atoms with E-state index in [4.69, 9.17) is 5.73 Å². The molecule has 85 valence electrons. The fourth-order valence-corrected chi connectivity index (χ4v) is 1.96. The van der Waals surface area contributed by atoms with Gasteiger partial charge in [0.05, 0.1) is 15.9 Å². The molecule has 1 aliphatic carbocycles. The second-order valence-corrected chi connectivity index (χ2v) is 4.28. The second kappa shape index (κ2) is 4.87. The summed E-state index contributed by atoms with van der Waals surface area (Å²) in [6.07, 6.45) is 2.92. The van der Waals surface area contributed by atoms with Crippen LogP contribution in [0.3, 0.4) is 0 Å². The standard InChI is InChI=1S/C9H8N2O3S.Re/c10-6-3-9(15-5-1-2-5)8(12)4-7(6)11(13)14;/h1,3-4,12H,2,10H2;. The normalized spacial score (nSPS) is 12.6. The fraction of sp³-hybridized carbons (Fsp3) is 0.111. The molecule has 3 N–H and O–H groups in total. The first kappa shape index (κ1) is 13.0. The van der Waals surface area contributed by atoms with Gasteiger partial charge in [-0.25, -0.2) is 0 Å². The Balaban J connectivity index is 0.00000128. The number of hydrogen-bond donors (Lipinski definition) is 2. The van der Waals surface area contributed by atoms with Crippen molar-refractivity contribution < 1.29 is 30.5 Å². The minimum atomic E-state index is -0.611. The number of nitrogens with two attached hydrogens (primary N) is 1. The van der Waals surface area contributed by atoms with Gasteiger partial charge in [0.1, 0.15) is 11.4 Å². The summed E-state index contributed by atoms with van der Waals surface area (Å²) in [5, 5.41) is 20.0. The average Bonchev–Trinajstić information content (AvgIpc) is 2.94. The number of nitro benzene ring substituents is 1. The zero-order valence-electron chi connectivity index (χ0n) is 8.01. The molecule has 1 aliphatic rings. The third-order valence-corrected chi connectivity index (χ3v) is 3.06. The van der Waals surface area contributed by atoms with Crippen LogP contribution in [0.5, 0.6) is 5.75 Å². The van der Waals surface area contributed by atoms with E-state index in [1.165, 1.54) is 17.8 Å². The Bertz CT molecular complexity index is 476. The van der Waals surface area contributed by atoms with E-state index in [1.807, 2.05) is 6.08 Å². The smallest absolute Gasteiger partial charge is 0.295 e. The molecule has 5 nitrogen and oxygen atoms in total. The number of nitrogen functional groups attached to an aromatic ring is 1. The molecule has 1 aromatic rings. The monoisotopic (exact) mass is 411 g/mol. The van der Waals surface area contributed by atoms with E-state index in [-0.39, 0.29) is 37.5 Å². The Morgan fingerprint density at radius 2 is 2.12 bits per heavy atom. The molecule has 0 fully saturated rings. The van der Waals surface area contributed by atoms with Crippen LogP contribution in [-0.4, -0.2) is 10.0 Å². The minimum absolute atomic E-state index is 0. The molecule has 16 heavy (non-hydrogen) atoms. The van der Waals surface area contributed by atoms with Crippen LogP contribution >= 0.6 is 11.8 Å². The second-order valence-electron chi connectivity index (χ2n) is 3.11. The SMILES string of the molecule is Nc1cc(SC2=CC2)c(O)cc1[N+](=O)[O-].[Re]. The van der Waals surface area contributed by atoms with E-state index in [2.05, 4.69) is 0 Å². The molecule has 0 atom stereocenters. The molecule has 2 rings (SSSR count). The van der Waals surface area contributed by atoms with Gasteiger partial charge in [-0.15, -0.1) is 0 Å². The number of hydrogen-bond acceptors (Lipinski definition) is 5. The molecule has 0 unspecified atom stereocenters. The van der Waals surface area contributed by atoms with Gasteiger partial charge in [-0.05, 0) is 17.4 Å². The maximum Gasteiger partial charge on any atom is 0.295 e. The summed E-state index contributed by atoms with van der Waals surface area (Å²) in [6.45, 7) is 0. The third-order valence-electron chi connectivity index (χ3n) is 1.92. The van der Waals surface area contributed by atoms with Crippen LogP contribution < -0.4 is 5.73 Å². The van der Waals surface area contributed by atoms with E-state index >= 15 is 0 Å². The van der Waals surface area contributed by atoms with Crippen LogP contribution in [0.15, 0.2) is 28.0 Å². The molecule has 0 saturated heterocycles. The van der Waals surface area contributed by atoms with Crippen LogP contribution in [0.2, 0.25) is 0 Å². The van der Waals surface area contributed by atoms with Crippen LogP contribution in [0.4, 0.5) is 11.4 Å². The number of allylic oxidation sites excluding steroid dienone is 2. The zero-order chi connectivity index (χ0) is 11.0. The molecular formula is C9H8N2O3ReS. The minimum Gasteiger partial charge on any atom is -0.507 e. The number of thioether (sulfide) groups is 1. The molecule has 0 aromatic heterocycles. The topological polar surface area (TPSA) is 89.4 Å². The van der Waals surface area contributed by atoms with E-state index in [9.17, 15) is 15.2 Å². The quantitative estimate of drug-likeness (QED) is 0.345. The molecule has 0 spiro atoms. The summed E-state index contributed by atoms with van der Waals surface area (Å²) >= 11 is 1.38. The molecule has 1 aromatic carbocycles. The van der Waals surface area contributed by atoms with Crippen molar-refractivity contribution in [3.8, 4) is 5.75 Å². The maximum atomic E-state index is 10.5. The molecule has 0 heterocycles. The Labute approximate surface area is 110 Å². The molecular weight excluding hydrogens is 402 g/mol. The van der Waals surface area contributed by atoms with Crippen molar-refractivity contribution in [1.29, 1.82) is 0 Å². The first-order chi connectivity index (χ1) is 7.08. The van der Waals surface area contributed by atoms with Gasteiger partial charge in [0.25, 0.3) is 5.69 Å². The van der Waals surface area contributed by atoms with E-state index in [0.717, 1.165) is 17.4 Å². The molecule has 0 saturated carbocycles. The Morgan fingerprint density at radius 3 is 2.62 bits per heavy atom. The van der Waals surface area contributed by atoms with Crippen LogP contribution in [0, 0.1) is 10.1 Å². The van der Waals surface area contributed by atoms with Gasteiger partial charge >= 0.3 is 0 Å². The van der Waals surface area contributed by atoms with Crippen molar-refractivity contribution in [2.24, 2.45) is 0 Å². The van der Waals surface area contributed by atoms with Crippen molar-refractivity contribution in [3.05, 3.63) is 33.2 Å². The number of phenols is 1. The third kappa shape index (κ3) is 2.76. The number of phenolic OH excluding ortho intramolecular Hbond substituents is 1. The van der Waals surface area contributed by atoms with Gasteiger partial charge in [-0.1, -0.05) is 17.8 Å². The molecule has 0 amide bonds. The van der Waals surface area contributed by atoms with Gasteiger partial charge < -0.3 is 10.8 Å². The number of aromatic hydroxyl groups is 1. The summed E-state index contributed by atoms with van der Waals surface area (Å²) in [5.74, 6) is -0.103. The predicted octanol–water partition coefficient (Wildman–Crippen LogP) is 2.26.